The molecule has 1 aromatic rings. The number of fused-ring (bicyclic) bond motifs is 1. The van der Waals surface area contributed by atoms with Gasteiger partial charge in [0.1, 0.15) is 10.6 Å². The number of ether oxygens (including phenoxy) is 2. The number of esters is 1. The van der Waals surface area contributed by atoms with Gasteiger partial charge in [0.05, 0.1) is 18.7 Å². The van der Waals surface area contributed by atoms with Gasteiger partial charge in [0.2, 0.25) is 0 Å². The molecule has 0 atom stereocenters. The summed E-state index contributed by atoms with van der Waals surface area (Å²) in [7, 11) is 0. The fraction of sp³-hybridized carbons (Fsp3) is 0.565. The summed E-state index contributed by atoms with van der Waals surface area (Å²) in [4.78, 5) is 52.2. The van der Waals surface area contributed by atoms with Crippen LogP contribution in [0, 0.1) is 0 Å². The van der Waals surface area contributed by atoms with E-state index in [1.54, 1.807) is 32.6 Å². The second-order valence-corrected chi connectivity index (χ2v) is 10.1. The van der Waals surface area contributed by atoms with Crippen LogP contribution in [0.15, 0.2) is 11.1 Å². The minimum absolute atomic E-state index is 0.119. The van der Waals surface area contributed by atoms with Crippen molar-refractivity contribution in [2.45, 2.75) is 71.9 Å². The fourth-order valence-electron chi connectivity index (χ4n) is 3.96. The van der Waals surface area contributed by atoms with Crippen molar-refractivity contribution in [1.82, 2.24) is 4.90 Å². The predicted molar refractivity (Wildman–Crippen MR) is 122 cm³/mol. The van der Waals surface area contributed by atoms with Gasteiger partial charge in [-0.2, -0.15) is 0 Å². The molecule has 180 valence electrons. The maximum Gasteiger partial charge on any atom is 0.410 e. The van der Waals surface area contributed by atoms with Crippen molar-refractivity contribution in [2.24, 2.45) is 0 Å². The maximum absolute atomic E-state index is 13.0. The second-order valence-electron chi connectivity index (χ2n) is 9.00. The highest BCUT2D eigenvalue weighted by Gasteiger charge is 2.33. The molecule has 2 aliphatic rings. The lowest BCUT2D eigenvalue weighted by molar-refractivity contribution is -0.133. The van der Waals surface area contributed by atoms with Crippen LogP contribution in [0.2, 0.25) is 0 Å². The molecule has 0 saturated carbocycles. The fourth-order valence-corrected chi connectivity index (χ4v) is 5.21. The number of carboxylic acid groups (broad SMARTS) is 1. The first-order valence-electron chi connectivity index (χ1n) is 11.1. The number of nitrogens with one attached hydrogen (secondary N) is 1. The molecular weight excluding hydrogens is 448 g/mol. The van der Waals surface area contributed by atoms with Crippen molar-refractivity contribution in [1.29, 1.82) is 0 Å². The van der Waals surface area contributed by atoms with Gasteiger partial charge in [-0.1, -0.05) is 0 Å². The van der Waals surface area contributed by atoms with E-state index >= 15 is 0 Å². The van der Waals surface area contributed by atoms with E-state index in [4.69, 9.17) is 9.47 Å². The highest BCUT2D eigenvalue weighted by molar-refractivity contribution is 7.17. The monoisotopic (exact) mass is 478 g/mol. The third-order valence-electron chi connectivity index (χ3n) is 5.42. The quantitative estimate of drug-likeness (QED) is 0.611. The molecule has 0 spiro atoms. The largest absolute Gasteiger partial charge is 0.478 e. The number of hydrogen-bond donors (Lipinski definition) is 2. The third-order valence-corrected chi connectivity index (χ3v) is 6.55. The highest BCUT2D eigenvalue weighted by atomic mass is 32.1. The second kappa shape index (κ2) is 9.94. The highest BCUT2D eigenvalue weighted by Crippen LogP contribution is 2.39. The van der Waals surface area contributed by atoms with E-state index in [-0.39, 0.29) is 29.9 Å². The topological polar surface area (TPSA) is 122 Å². The van der Waals surface area contributed by atoms with Crippen molar-refractivity contribution >= 4 is 40.3 Å². The molecule has 0 bridgehead atoms. The zero-order valence-corrected chi connectivity index (χ0v) is 20.2. The Kier molecular flexibility index (Phi) is 7.46. The average molecular weight is 479 g/mol. The number of carboxylic acids is 1. The van der Waals surface area contributed by atoms with Gasteiger partial charge >= 0.3 is 18.0 Å². The summed E-state index contributed by atoms with van der Waals surface area (Å²) in [5, 5.41) is 12.6. The van der Waals surface area contributed by atoms with Crippen LogP contribution in [-0.4, -0.2) is 52.7 Å². The molecule has 10 heteroatoms. The van der Waals surface area contributed by atoms with Crippen LogP contribution in [0.4, 0.5) is 9.80 Å². The number of thiophene rings is 1. The molecule has 2 N–H and O–H groups in total. The number of carbonyl (C=O) groups excluding carboxylic acids is 3. The van der Waals surface area contributed by atoms with Gasteiger partial charge in [0.15, 0.2) is 0 Å². The lowest BCUT2D eigenvalue weighted by atomic mass is 9.91. The lowest BCUT2D eigenvalue weighted by Gasteiger charge is -2.30. The Morgan fingerprint density at radius 3 is 2.36 bits per heavy atom. The van der Waals surface area contributed by atoms with Crippen LogP contribution >= 0.6 is 11.3 Å². The summed E-state index contributed by atoms with van der Waals surface area (Å²) >= 11 is 1.20. The van der Waals surface area contributed by atoms with E-state index in [0.717, 1.165) is 23.3 Å². The molecule has 3 rings (SSSR count). The molecular formula is C23H30N2O7S. The predicted octanol–water partition coefficient (Wildman–Crippen LogP) is 4.11. The molecule has 0 fully saturated rings. The van der Waals surface area contributed by atoms with Crippen molar-refractivity contribution in [3.05, 3.63) is 27.2 Å². The first kappa shape index (κ1) is 24.8. The molecule has 0 unspecified atom stereocenters. The van der Waals surface area contributed by atoms with Gasteiger partial charge in [0, 0.05) is 22.6 Å². The number of amides is 2. The SMILES string of the molecule is CCOC(=O)c1c(NC(=O)C2=C(C(=O)O)CCCC2)sc2c1CCN(C(=O)OC(C)(C)C)C2. The summed E-state index contributed by atoms with van der Waals surface area (Å²) in [5.41, 5.74) is 0.753. The normalized spacial score (nSPS) is 16.2. The van der Waals surface area contributed by atoms with Gasteiger partial charge in [-0.15, -0.1) is 11.3 Å². The lowest BCUT2D eigenvalue weighted by Crippen LogP contribution is -2.39. The van der Waals surface area contributed by atoms with E-state index in [2.05, 4.69) is 5.32 Å². The van der Waals surface area contributed by atoms with Crippen molar-refractivity contribution in [3.8, 4) is 0 Å². The minimum atomic E-state index is -1.09. The summed E-state index contributed by atoms with van der Waals surface area (Å²) in [6.07, 6.45) is 2.14. The van der Waals surface area contributed by atoms with E-state index in [9.17, 15) is 24.3 Å². The van der Waals surface area contributed by atoms with Crippen LogP contribution in [0.25, 0.3) is 0 Å². The molecule has 0 radical (unpaired) electrons. The molecule has 1 aromatic heterocycles. The smallest absolute Gasteiger partial charge is 0.410 e. The Hall–Kier alpha value is -2.88. The van der Waals surface area contributed by atoms with Crippen LogP contribution in [-0.2, 0) is 32.0 Å². The number of aliphatic carboxylic acids is 1. The first-order valence-corrected chi connectivity index (χ1v) is 11.9. The maximum atomic E-state index is 13.0. The first-order chi connectivity index (χ1) is 15.5. The standard InChI is InChI=1S/C23H30N2O7S/c1-5-31-21(29)17-15-10-11-25(22(30)32-23(2,3)4)12-16(15)33-19(17)24-18(26)13-8-6-7-9-14(13)20(27)28/h5-12H2,1-4H3,(H,24,26)(H,27,28). The van der Waals surface area contributed by atoms with Crippen LogP contribution in [0.3, 0.4) is 0 Å². The van der Waals surface area contributed by atoms with E-state index in [1.165, 1.54) is 11.3 Å². The zero-order chi connectivity index (χ0) is 24.3. The molecule has 1 aliphatic heterocycles. The van der Waals surface area contributed by atoms with E-state index in [1.807, 2.05) is 0 Å². The van der Waals surface area contributed by atoms with E-state index in [0.29, 0.717) is 30.8 Å². The minimum Gasteiger partial charge on any atom is -0.478 e. The Bertz CT molecular complexity index is 1000. The molecule has 2 amide bonds. The van der Waals surface area contributed by atoms with Crippen LogP contribution < -0.4 is 5.32 Å². The van der Waals surface area contributed by atoms with Crippen LogP contribution in [0.1, 0.15) is 74.2 Å². The molecule has 1 aliphatic carbocycles. The summed E-state index contributed by atoms with van der Waals surface area (Å²) in [6, 6.07) is 0. The number of nitrogens with zero attached hydrogens (tertiary/aromatic N) is 1. The Morgan fingerprint density at radius 1 is 1.09 bits per heavy atom. The van der Waals surface area contributed by atoms with E-state index < -0.39 is 29.5 Å². The van der Waals surface area contributed by atoms with Gasteiger partial charge in [0.25, 0.3) is 5.91 Å². The number of anilines is 1. The van der Waals surface area contributed by atoms with Gasteiger partial charge in [-0.3, -0.25) is 4.79 Å². The van der Waals surface area contributed by atoms with Gasteiger partial charge < -0.3 is 24.8 Å². The van der Waals surface area contributed by atoms with Gasteiger partial charge in [-0.05, 0) is 65.4 Å². The molecule has 9 nitrogen and oxygen atoms in total. The Labute approximate surface area is 196 Å². The third kappa shape index (κ3) is 5.73. The molecule has 0 aromatic carbocycles. The summed E-state index contributed by atoms with van der Waals surface area (Å²) in [5.74, 6) is -2.16. The number of rotatable bonds is 5. The van der Waals surface area contributed by atoms with Crippen molar-refractivity contribution in [3.63, 3.8) is 0 Å². The van der Waals surface area contributed by atoms with Gasteiger partial charge in [-0.25, -0.2) is 14.4 Å². The van der Waals surface area contributed by atoms with Crippen LogP contribution in [0.5, 0.6) is 0 Å². The zero-order valence-electron chi connectivity index (χ0n) is 19.4. The summed E-state index contributed by atoms with van der Waals surface area (Å²) in [6.45, 7) is 7.88. The number of carbonyl (C=O) groups is 4. The molecule has 0 saturated heterocycles. The van der Waals surface area contributed by atoms with Crippen molar-refractivity contribution in [2.75, 3.05) is 18.5 Å². The van der Waals surface area contributed by atoms with Crippen molar-refractivity contribution < 1.29 is 33.8 Å². The average Bonchev–Trinajstić information content (AvgIpc) is 3.09. The number of hydrogen-bond acceptors (Lipinski definition) is 7. The Balaban J connectivity index is 1.91. The summed E-state index contributed by atoms with van der Waals surface area (Å²) < 4.78 is 10.7. The molecule has 2 heterocycles. The molecule has 33 heavy (non-hydrogen) atoms. The Morgan fingerprint density at radius 2 is 1.76 bits per heavy atom.